The number of halogens is 1. The average Bonchev–Trinajstić information content (AvgIpc) is 2.46. The van der Waals surface area contributed by atoms with E-state index in [1.165, 1.54) is 5.56 Å². The molecule has 3 rings (SSSR count). The molecule has 0 saturated carbocycles. The van der Waals surface area contributed by atoms with Crippen molar-refractivity contribution in [3.8, 4) is 5.75 Å². The largest absolute Gasteiger partial charge is 0.489 e. The van der Waals surface area contributed by atoms with Crippen LogP contribution < -0.4 is 4.74 Å². The number of aliphatic hydroxyl groups is 1. The van der Waals surface area contributed by atoms with E-state index in [1.54, 1.807) is 0 Å². The Kier molecular flexibility index (Phi) is 4.18. The zero-order chi connectivity index (χ0) is 14.8. The molecule has 1 aliphatic carbocycles. The normalized spacial score (nSPS) is 17.4. The average molecular weight is 303 g/mol. The van der Waals surface area contributed by atoms with E-state index in [2.05, 4.69) is 0 Å². The lowest BCUT2D eigenvalue weighted by atomic mass is 9.89. The summed E-state index contributed by atoms with van der Waals surface area (Å²) in [5, 5.41) is 10.7. The van der Waals surface area contributed by atoms with Gasteiger partial charge in [-0.1, -0.05) is 29.8 Å². The number of ether oxygens (including phenoxy) is 1. The van der Waals surface area contributed by atoms with Gasteiger partial charge in [0, 0.05) is 10.6 Å². The second-order valence-electron chi connectivity index (χ2n) is 5.65. The Morgan fingerprint density at radius 1 is 1.24 bits per heavy atom. The molecule has 0 aromatic heterocycles. The zero-order valence-electron chi connectivity index (χ0n) is 12.1. The molecule has 1 atom stereocenters. The zero-order valence-corrected chi connectivity index (χ0v) is 12.9. The number of rotatable bonds is 3. The molecule has 2 aromatic rings. The maximum Gasteiger partial charge on any atom is 0.120 e. The second-order valence-corrected chi connectivity index (χ2v) is 6.06. The molecule has 0 aliphatic heterocycles. The van der Waals surface area contributed by atoms with Crippen molar-refractivity contribution < 1.29 is 9.84 Å². The third-order valence-corrected chi connectivity index (χ3v) is 4.35. The van der Waals surface area contributed by atoms with Crippen LogP contribution in [0, 0.1) is 6.92 Å². The number of hydrogen-bond donors (Lipinski definition) is 1. The van der Waals surface area contributed by atoms with Crippen molar-refractivity contribution in [2.45, 2.75) is 38.9 Å². The second kappa shape index (κ2) is 6.08. The lowest BCUT2D eigenvalue weighted by Gasteiger charge is -2.22. The van der Waals surface area contributed by atoms with E-state index in [0.717, 1.165) is 46.7 Å². The van der Waals surface area contributed by atoms with Gasteiger partial charge in [-0.05, 0) is 61.1 Å². The lowest BCUT2D eigenvalue weighted by Crippen LogP contribution is -2.09. The Morgan fingerprint density at radius 3 is 2.90 bits per heavy atom. The lowest BCUT2D eigenvalue weighted by molar-refractivity contribution is 0.156. The molecule has 1 aliphatic rings. The van der Waals surface area contributed by atoms with Gasteiger partial charge in [0.15, 0.2) is 0 Å². The van der Waals surface area contributed by atoms with Crippen LogP contribution in [0.25, 0.3) is 0 Å². The predicted molar refractivity (Wildman–Crippen MR) is 84.9 cm³/mol. The van der Waals surface area contributed by atoms with E-state index >= 15 is 0 Å². The van der Waals surface area contributed by atoms with Gasteiger partial charge in [-0.3, -0.25) is 0 Å². The highest BCUT2D eigenvalue weighted by Crippen LogP contribution is 2.32. The highest BCUT2D eigenvalue weighted by molar-refractivity contribution is 6.31. The predicted octanol–water partition coefficient (Wildman–Crippen LogP) is 4.60. The molecule has 0 spiro atoms. The highest BCUT2D eigenvalue weighted by atomic mass is 35.5. The van der Waals surface area contributed by atoms with Gasteiger partial charge in [-0.15, -0.1) is 0 Å². The van der Waals surface area contributed by atoms with Crippen LogP contribution in [0.15, 0.2) is 36.4 Å². The SMILES string of the molecule is Cc1ccc(COc2ccc3c(c2)CCCC3O)c(Cl)c1. The Morgan fingerprint density at radius 2 is 2.10 bits per heavy atom. The van der Waals surface area contributed by atoms with Crippen LogP contribution in [-0.4, -0.2) is 5.11 Å². The Bertz CT molecular complexity index is 652. The maximum atomic E-state index is 9.96. The van der Waals surface area contributed by atoms with Gasteiger partial charge in [0.2, 0.25) is 0 Å². The molecule has 0 radical (unpaired) electrons. The molecule has 3 heteroatoms. The van der Waals surface area contributed by atoms with Gasteiger partial charge >= 0.3 is 0 Å². The van der Waals surface area contributed by atoms with Gasteiger partial charge in [-0.2, -0.15) is 0 Å². The molecule has 1 unspecified atom stereocenters. The van der Waals surface area contributed by atoms with Crippen LogP contribution in [0.3, 0.4) is 0 Å². The third-order valence-electron chi connectivity index (χ3n) is 4.00. The van der Waals surface area contributed by atoms with Crippen molar-refractivity contribution in [3.05, 3.63) is 63.7 Å². The maximum absolute atomic E-state index is 9.96. The molecule has 2 nitrogen and oxygen atoms in total. The molecular formula is C18H19ClO2. The summed E-state index contributed by atoms with van der Waals surface area (Å²) in [6.45, 7) is 2.48. The molecule has 0 bridgehead atoms. The number of benzene rings is 2. The molecule has 110 valence electrons. The first-order valence-electron chi connectivity index (χ1n) is 7.32. The van der Waals surface area contributed by atoms with Crippen LogP contribution in [0.2, 0.25) is 5.02 Å². The van der Waals surface area contributed by atoms with Crippen LogP contribution >= 0.6 is 11.6 Å². The van der Waals surface area contributed by atoms with Crippen LogP contribution in [0.5, 0.6) is 5.75 Å². The van der Waals surface area contributed by atoms with Crippen molar-refractivity contribution in [2.24, 2.45) is 0 Å². The molecule has 0 heterocycles. The van der Waals surface area contributed by atoms with E-state index < -0.39 is 0 Å². The third kappa shape index (κ3) is 3.22. The van der Waals surface area contributed by atoms with E-state index in [9.17, 15) is 5.11 Å². The van der Waals surface area contributed by atoms with Gasteiger partial charge < -0.3 is 9.84 Å². The summed E-state index contributed by atoms with van der Waals surface area (Å²) >= 11 is 6.22. The molecule has 1 N–H and O–H groups in total. The van der Waals surface area contributed by atoms with E-state index in [1.807, 2.05) is 43.3 Å². The van der Waals surface area contributed by atoms with Crippen LogP contribution in [0.1, 0.15) is 41.2 Å². The van der Waals surface area contributed by atoms with E-state index in [4.69, 9.17) is 16.3 Å². The molecular weight excluding hydrogens is 284 g/mol. The Labute approximate surface area is 130 Å². The molecule has 0 amide bonds. The van der Waals surface area contributed by atoms with E-state index in [-0.39, 0.29) is 6.10 Å². The fourth-order valence-corrected chi connectivity index (χ4v) is 3.07. The first-order valence-corrected chi connectivity index (χ1v) is 7.70. The highest BCUT2D eigenvalue weighted by Gasteiger charge is 2.18. The molecule has 2 aromatic carbocycles. The van der Waals surface area contributed by atoms with Crippen molar-refractivity contribution >= 4 is 11.6 Å². The number of hydrogen-bond acceptors (Lipinski definition) is 2. The molecule has 0 fully saturated rings. The summed E-state index contributed by atoms with van der Waals surface area (Å²) in [6.07, 6.45) is 2.57. The number of aliphatic hydroxyl groups excluding tert-OH is 1. The fraction of sp³-hybridized carbons (Fsp3) is 0.333. The van der Waals surface area contributed by atoms with Crippen molar-refractivity contribution in [2.75, 3.05) is 0 Å². The molecule has 0 saturated heterocycles. The minimum absolute atomic E-state index is 0.325. The summed E-state index contributed by atoms with van der Waals surface area (Å²) in [7, 11) is 0. The Hall–Kier alpha value is -1.51. The van der Waals surface area contributed by atoms with Crippen molar-refractivity contribution in [3.63, 3.8) is 0 Å². The van der Waals surface area contributed by atoms with E-state index in [0.29, 0.717) is 6.61 Å². The first kappa shape index (κ1) is 14.4. The fourth-order valence-electron chi connectivity index (χ4n) is 2.79. The van der Waals surface area contributed by atoms with Gasteiger partial charge in [-0.25, -0.2) is 0 Å². The summed E-state index contributed by atoms with van der Waals surface area (Å²) in [6, 6.07) is 11.9. The standard InChI is InChI=1S/C18H19ClO2/c1-12-5-6-14(17(19)9-12)11-21-15-7-8-16-13(10-15)3-2-4-18(16)20/h5-10,18,20H,2-4,11H2,1H3. The monoisotopic (exact) mass is 302 g/mol. The quantitative estimate of drug-likeness (QED) is 0.898. The van der Waals surface area contributed by atoms with Crippen molar-refractivity contribution in [1.29, 1.82) is 0 Å². The van der Waals surface area contributed by atoms with Crippen LogP contribution in [0.4, 0.5) is 0 Å². The smallest absolute Gasteiger partial charge is 0.120 e. The summed E-state index contributed by atoms with van der Waals surface area (Å²) in [5.74, 6) is 0.833. The van der Waals surface area contributed by atoms with Gasteiger partial charge in [0.05, 0.1) is 6.10 Å². The summed E-state index contributed by atoms with van der Waals surface area (Å²) in [4.78, 5) is 0. The summed E-state index contributed by atoms with van der Waals surface area (Å²) < 4.78 is 5.85. The number of aryl methyl sites for hydroxylation is 2. The van der Waals surface area contributed by atoms with Crippen molar-refractivity contribution in [1.82, 2.24) is 0 Å². The first-order chi connectivity index (χ1) is 10.1. The number of fused-ring (bicyclic) bond motifs is 1. The minimum Gasteiger partial charge on any atom is -0.489 e. The summed E-state index contributed by atoms with van der Waals surface area (Å²) in [5.41, 5.74) is 4.37. The minimum atomic E-state index is -0.325. The van der Waals surface area contributed by atoms with Gasteiger partial charge in [0.25, 0.3) is 0 Å². The van der Waals surface area contributed by atoms with Gasteiger partial charge in [0.1, 0.15) is 12.4 Å². The molecule has 21 heavy (non-hydrogen) atoms. The topological polar surface area (TPSA) is 29.5 Å². The Balaban J connectivity index is 1.73. The van der Waals surface area contributed by atoms with Crippen LogP contribution in [-0.2, 0) is 13.0 Å².